The Bertz CT molecular complexity index is 895. The lowest BCUT2D eigenvalue weighted by Gasteiger charge is -2.42. The predicted octanol–water partition coefficient (Wildman–Crippen LogP) is -0.576. The molecule has 9 heteroatoms. The largest absolute Gasteiger partial charge is 0.462 e. The fourth-order valence-electron chi connectivity index (χ4n) is 3.08. The van der Waals surface area contributed by atoms with Crippen molar-refractivity contribution in [2.45, 2.75) is 44.5 Å². The molecule has 1 aromatic heterocycles. The molecule has 3 rings (SSSR count). The van der Waals surface area contributed by atoms with Gasteiger partial charge in [-0.2, -0.15) is 0 Å². The van der Waals surface area contributed by atoms with Crippen molar-refractivity contribution < 1.29 is 34.0 Å². The van der Waals surface area contributed by atoms with Gasteiger partial charge in [0.2, 0.25) is 12.2 Å². The van der Waals surface area contributed by atoms with Gasteiger partial charge in [0.15, 0.2) is 0 Å². The Morgan fingerprint density at radius 2 is 2.00 bits per heavy atom. The molecular formula is C18H21NO8. The van der Waals surface area contributed by atoms with E-state index in [0.29, 0.717) is 5.58 Å². The van der Waals surface area contributed by atoms with Gasteiger partial charge in [-0.05, 0) is 24.6 Å². The number of ether oxygens (including phenoxy) is 2. The first kappa shape index (κ1) is 19.3. The van der Waals surface area contributed by atoms with Gasteiger partial charge in [-0.1, -0.05) is 0 Å². The summed E-state index contributed by atoms with van der Waals surface area (Å²) < 4.78 is 16.4. The van der Waals surface area contributed by atoms with Crippen LogP contribution >= 0.6 is 0 Å². The van der Waals surface area contributed by atoms with E-state index in [9.17, 15) is 24.9 Å². The number of amides is 1. The van der Waals surface area contributed by atoms with Crippen LogP contribution in [0.25, 0.3) is 11.0 Å². The number of hydrogen-bond donors (Lipinski definition) is 4. The molecule has 0 aliphatic carbocycles. The summed E-state index contributed by atoms with van der Waals surface area (Å²) in [6.45, 7) is 2.48. The Kier molecular flexibility index (Phi) is 5.47. The second kappa shape index (κ2) is 7.65. The van der Waals surface area contributed by atoms with E-state index >= 15 is 0 Å². The molecule has 9 nitrogen and oxygen atoms in total. The number of fused-ring (bicyclic) bond motifs is 1. The molecule has 1 aromatic carbocycles. The zero-order valence-electron chi connectivity index (χ0n) is 14.8. The van der Waals surface area contributed by atoms with Crippen LogP contribution in [0, 0.1) is 6.92 Å². The van der Waals surface area contributed by atoms with Crippen molar-refractivity contribution >= 4 is 16.9 Å². The standard InChI is InChI=1S/C18H21NO8/c1-8-5-14(22)26-12-6-10(3-4-11(8)12)25-18-15(19-9(2)21)17(24)16(23)13(7-20)27-18/h3-6,13,15-18,20,23-24H,7H2,1-2H3,(H,19,21)/t13-,15?,16-,17?,18+/m1/s1. The molecule has 1 saturated heterocycles. The average molecular weight is 379 g/mol. The van der Waals surface area contributed by atoms with Gasteiger partial charge in [0.1, 0.15) is 35.7 Å². The molecule has 2 unspecified atom stereocenters. The number of carbonyl (C=O) groups is 1. The van der Waals surface area contributed by atoms with Gasteiger partial charge in [0.05, 0.1) is 6.61 Å². The fraction of sp³-hybridized carbons (Fsp3) is 0.444. The van der Waals surface area contributed by atoms with Gasteiger partial charge in [0.25, 0.3) is 0 Å². The summed E-state index contributed by atoms with van der Waals surface area (Å²) in [5.74, 6) is -0.192. The summed E-state index contributed by atoms with van der Waals surface area (Å²) in [6, 6.07) is 5.12. The summed E-state index contributed by atoms with van der Waals surface area (Å²) in [7, 11) is 0. The number of hydrogen-bond acceptors (Lipinski definition) is 8. The SMILES string of the molecule is CC(=O)NC1C(O)[C@H](O)[C@@H](CO)O[C@@H]1Oc1ccc2c(C)cc(=O)oc2c1. The number of nitrogens with one attached hydrogen (secondary N) is 1. The van der Waals surface area contributed by atoms with E-state index in [-0.39, 0.29) is 5.75 Å². The zero-order valence-corrected chi connectivity index (χ0v) is 14.8. The summed E-state index contributed by atoms with van der Waals surface area (Å²) in [5, 5.41) is 32.9. The maximum absolute atomic E-state index is 11.6. The van der Waals surface area contributed by atoms with Gasteiger partial charge in [-0.25, -0.2) is 4.79 Å². The molecule has 1 amide bonds. The lowest BCUT2D eigenvalue weighted by atomic mass is 9.97. The monoisotopic (exact) mass is 379 g/mol. The van der Waals surface area contributed by atoms with E-state index in [1.807, 2.05) is 0 Å². The quantitative estimate of drug-likeness (QED) is 0.518. The number of carbonyl (C=O) groups excluding carboxylic acids is 1. The van der Waals surface area contributed by atoms with Gasteiger partial charge < -0.3 is 34.5 Å². The van der Waals surface area contributed by atoms with Gasteiger partial charge in [-0.3, -0.25) is 4.79 Å². The Hall–Kier alpha value is -2.46. The van der Waals surface area contributed by atoms with Crippen LogP contribution in [0.5, 0.6) is 5.75 Å². The Balaban J connectivity index is 1.91. The van der Waals surface area contributed by atoms with Gasteiger partial charge in [-0.15, -0.1) is 0 Å². The van der Waals surface area contributed by atoms with Crippen LogP contribution in [0.1, 0.15) is 12.5 Å². The van der Waals surface area contributed by atoms with E-state index in [0.717, 1.165) is 10.9 Å². The summed E-state index contributed by atoms with van der Waals surface area (Å²) in [6.07, 6.45) is -5.08. The van der Waals surface area contributed by atoms with E-state index < -0.39 is 48.8 Å². The highest BCUT2D eigenvalue weighted by Gasteiger charge is 2.46. The third-order valence-corrected chi connectivity index (χ3v) is 4.43. The molecule has 1 aliphatic heterocycles. The smallest absolute Gasteiger partial charge is 0.336 e. The van der Waals surface area contributed by atoms with Crippen LogP contribution in [0.2, 0.25) is 0 Å². The first-order valence-electron chi connectivity index (χ1n) is 8.41. The molecule has 2 aromatic rings. The summed E-state index contributed by atoms with van der Waals surface area (Å²) >= 11 is 0. The average Bonchev–Trinajstić information content (AvgIpc) is 2.60. The van der Waals surface area contributed by atoms with Crippen LogP contribution in [-0.4, -0.2) is 58.5 Å². The third-order valence-electron chi connectivity index (χ3n) is 4.43. The summed E-state index contributed by atoms with van der Waals surface area (Å²) in [5.41, 5.74) is 0.557. The predicted molar refractivity (Wildman–Crippen MR) is 93.2 cm³/mol. The van der Waals surface area contributed by atoms with E-state index in [2.05, 4.69) is 5.32 Å². The zero-order chi connectivity index (χ0) is 19.7. The molecule has 0 saturated carbocycles. The first-order valence-corrected chi connectivity index (χ1v) is 8.41. The lowest BCUT2D eigenvalue weighted by molar-refractivity contribution is -0.244. The minimum absolute atomic E-state index is 0.261. The van der Waals surface area contributed by atoms with Crippen molar-refractivity contribution in [3.63, 3.8) is 0 Å². The van der Waals surface area contributed by atoms with Crippen LogP contribution in [0.4, 0.5) is 0 Å². The lowest BCUT2D eigenvalue weighted by Crippen LogP contribution is -2.65. The molecule has 4 N–H and O–H groups in total. The minimum atomic E-state index is -1.41. The molecule has 2 heterocycles. The molecule has 146 valence electrons. The first-order chi connectivity index (χ1) is 12.8. The molecule has 0 spiro atoms. The number of aliphatic hydroxyl groups excluding tert-OH is 3. The molecule has 0 radical (unpaired) electrons. The van der Waals surface area contributed by atoms with Crippen LogP contribution in [0.3, 0.4) is 0 Å². The Morgan fingerprint density at radius 3 is 2.67 bits per heavy atom. The molecular weight excluding hydrogens is 358 g/mol. The fourth-order valence-corrected chi connectivity index (χ4v) is 3.08. The maximum atomic E-state index is 11.6. The van der Waals surface area contributed by atoms with Crippen molar-refractivity contribution in [1.29, 1.82) is 0 Å². The maximum Gasteiger partial charge on any atom is 0.336 e. The number of aliphatic hydroxyl groups is 3. The normalized spacial score (nSPS) is 28.1. The van der Waals surface area contributed by atoms with Crippen LogP contribution < -0.4 is 15.7 Å². The highest BCUT2D eigenvalue weighted by Crippen LogP contribution is 2.27. The third kappa shape index (κ3) is 3.96. The highest BCUT2D eigenvalue weighted by molar-refractivity contribution is 5.81. The van der Waals surface area contributed by atoms with Crippen molar-refractivity contribution in [2.75, 3.05) is 6.61 Å². The molecule has 1 aliphatic rings. The molecule has 5 atom stereocenters. The topological polar surface area (TPSA) is 138 Å². The number of rotatable bonds is 4. The molecule has 0 bridgehead atoms. The Morgan fingerprint density at radius 1 is 1.26 bits per heavy atom. The van der Waals surface area contributed by atoms with E-state index in [4.69, 9.17) is 13.9 Å². The second-order valence-electron chi connectivity index (χ2n) is 6.46. The number of aryl methyl sites for hydroxylation is 1. The highest BCUT2D eigenvalue weighted by atomic mass is 16.7. The summed E-state index contributed by atoms with van der Waals surface area (Å²) in [4.78, 5) is 23.0. The van der Waals surface area contributed by atoms with Crippen molar-refractivity contribution in [3.05, 3.63) is 40.2 Å². The van der Waals surface area contributed by atoms with Crippen molar-refractivity contribution in [1.82, 2.24) is 5.32 Å². The van der Waals surface area contributed by atoms with Gasteiger partial charge >= 0.3 is 5.63 Å². The van der Waals surface area contributed by atoms with Crippen molar-refractivity contribution in [3.8, 4) is 5.75 Å². The Labute approximate surface area is 154 Å². The molecule has 27 heavy (non-hydrogen) atoms. The molecule has 1 fully saturated rings. The minimum Gasteiger partial charge on any atom is -0.462 e. The number of benzene rings is 1. The van der Waals surface area contributed by atoms with Crippen LogP contribution in [0.15, 0.2) is 33.5 Å². The van der Waals surface area contributed by atoms with E-state index in [1.165, 1.54) is 19.1 Å². The van der Waals surface area contributed by atoms with Crippen molar-refractivity contribution in [2.24, 2.45) is 0 Å². The van der Waals surface area contributed by atoms with E-state index in [1.54, 1.807) is 19.1 Å². The van der Waals surface area contributed by atoms with Gasteiger partial charge in [0, 0.05) is 24.4 Å². The second-order valence-corrected chi connectivity index (χ2v) is 6.46. The van der Waals surface area contributed by atoms with Crippen LogP contribution in [-0.2, 0) is 9.53 Å².